The van der Waals surface area contributed by atoms with Crippen molar-refractivity contribution in [3.05, 3.63) is 96.1 Å². The fraction of sp³-hybridized carbons (Fsp3) is 0.0952. The summed E-state index contributed by atoms with van der Waals surface area (Å²) in [5.41, 5.74) is -0.396. The van der Waals surface area contributed by atoms with Gasteiger partial charge in [-0.3, -0.25) is 4.79 Å². The highest BCUT2D eigenvalue weighted by atomic mass is 32.2. The molecule has 0 aromatic heterocycles. The van der Waals surface area contributed by atoms with Crippen LogP contribution >= 0.6 is 11.8 Å². The zero-order chi connectivity index (χ0) is 19.3. The number of carbonyl (C=O) groups is 1. The molecule has 0 aliphatic heterocycles. The summed E-state index contributed by atoms with van der Waals surface area (Å²) in [4.78, 5) is 13.7. The van der Waals surface area contributed by atoms with E-state index in [1.807, 2.05) is 36.4 Å². The Hall–Kier alpha value is -2.73. The molecule has 3 aromatic carbocycles. The van der Waals surface area contributed by atoms with Crippen molar-refractivity contribution in [1.29, 1.82) is 0 Å². The zero-order valence-corrected chi connectivity index (χ0v) is 14.9. The Morgan fingerprint density at radius 3 is 2.00 bits per heavy atom. The van der Waals surface area contributed by atoms with Gasteiger partial charge in [0.2, 0.25) is 5.91 Å². The number of hydrogen-bond donors (Lipinski definition) is 1. The Labute approximate surface area is 159 Å². The number of halogens is 3. The minimum Gasteiger partial charge on any atom is -0.324 e. The second kappa shape index (κ2) is 8.31. The fourth-order valence-electron chi connectivity index (χ4n) is 2.57. The zero-order valence-electron chi connectivity index (χ0n) is 14.1. The van der Waals surface area contributed by atoms with Crippen LogP contribution < -0.4 is 5.32 Å². The Kier molecular flexibility index (Phi) is 5.86. The average Bonchev–Trinajstić information content (AvgIpc) is 2.67. The van der Waals surface area contributed by atoms with E-state index in [-0.39, 0.29) is 5.69 Å². The maximum atomic E-state index is 13.2. The van der Waals surface area contributed by atoms with E-state index >= 15 is 0 Å². The minimum atomic E-state index is -4.54. The molecule has 3 rings (SSSR count). The first kappa shape index (κ1) is 19.0. The molecule has 0 aliphatic rings. The van der Waals surface area contributed by atoms with Crippen LogP contribution in [0.25, 0.3) is 0 Å². The first-order valence-corrected chi connectivity index (χ1v) is 9.07. The van der Waals surface area contributed by atoms with Crippen molar-refractivity contribution in [3.8, 4) is 0 Å². The number of amides is 1. The van der Waals surface area contributed by atoms with E-state index in [0.29, 0.717) is 5.56 Å². The van der Waals surface area contributed by atoms with E-state index < -0.39 is 22.9 Å². The maximum Gasteiger partial charge on any atom is 0.418 e. The SMILES string of the molecule is O=C(Nc1ccccc1C(F)(F)F)C(Sc1ccccc1)c1ccccc1. The van der Waals surface area contributed by atoms with Crippen LogP contribution in [0.2, 0.25) is 0 Å². The number of nitrogens with one attached hydrogen (secondary N) is 1. The molecule has 1 atom stereocenters. The molecule has 2 nitrogen and oxygen atoms in total. The van der Waals surface area contributed by atoms with Gasteiger partial charge in [-0.1, -0.05) is 60.7 Å². The summed E-state index contributed by atoms with van der Waals surface area (Å²) in [5, 5.41) is 1.77. The molecular weight excluding hydrogens is 371 g/mol. The van der Waals surface area contributed by atoms with E-state index in [9.17, 15) is 18.0 Å². The largest absolute Gasteiger partial charge is 0.418 e. The monoisotopic (exact) mass is 387 g/mol. The van der Waals surface area contributed by atoms with Crippen LogP contribution in [0.1, 0.15) is 16.4 Å². The van der Waals surface area contributed by atoms with Crippen LogP contribution in [0.5, 0.6) is 0 Å². The molecule has 3 aromatic rings. The number of alkyl halides is 3. The van der Waals surface area contributed by atoms with Crippen LogP contribution in [0.15, 0.2) is 89.8 Å². The van der Waals surface area contributed by atoms with E-state index in [2.05, 4.69) is 5.32 Å². The number of rotatable bonds is 5. The van der Waals surface area contributed by atoms with Crippen LogP contribution in [-0.2, 0) is 11.0 Å². The summed E-state index contributed by atoms with van der Waals surface area (Å²) >= 11 is 1.29. The smallest absolute Gasteiger partial charge is 0.324 e. The Balaban J connectivity index is 1.90. The van der Waals surface area contributed by atoms with Gasteiger partial charge in [-0.2, -0.15) is 13.2 Å². The normalized spacial score (nSPS) is 12.4. The lowest BCUT2D eigenvalue weighted by molar-refractivity contribution is -0.137. The van der Waals surface area contributed by atoms with E-state index in [4.69, 9.17) is 0 Å². The molecule has 0 saturated carbocycles. The molecule has 0 spiro atoms. The van der Waals surface area contributed by atoms with Crippen molar-refractivity contribution in [2.45, 2.75) is 16.3 Å². The molecule has 0 saturated heterocycles. The van der Waals surface area contributed by atoms with Gasteiger partial charge in [0.1, 0.15) is 5.25 Å². The lowest BCUT2D eigenvalue weighted by Gasteiger charge is -2.19. The van der Waals surface area contributed by atoms with Gasteiger partial charge in [0, 0.05) is 4.90 Å². The highest BCUT2D eigenvalue weighted by Gasteiger charge is 2.34. The lowest BCUT2D eigenvalue weighted by atomic mass is 10.1. The third kappa shape index (κ3) is 4.92. The molecule has 0 heterocycles. The second-order valence-corrected chi connectivity index (χ2v) is 6.93. The Morgan fingerprint density at radius 1 is 0.815 bits per heavy atom. The van der Waals surface area contributed by atoms with Crippen LogP contribution in [0.3, 0.4) is 0 Å². The molecule has 0 radical (unpaired) electrons. The molecule has 0 aliphatic carbocycles. The molecule has 0 bridgehead atoms. The molecule has 1 amide bonds. The third-order valence-electron chi connectivity index (χ3n) is 3.83. The van der Waals surface area contributed by atoms with E-state index in [0.717, 1.165) is 11.0 Å². The molecule has 138 valence electrons. The van der Waals surface area contributed by atoms with Crippen molar-refractivity contribution < 1.29 is 18.0 Å². The number of carbonyl (C=O) groups excluding carboxylic acids is 1. The fourth-order valence-corrected chi connectivity index (χ4v) is 3.62. The summed E-state index contributed by atoms with van der Waals surface area (Å²) < 4.78 is 39.6. The molecule has 1 unspecified atom stereocenters. The number of benzene rings is 3. The van der Waals surface area contributed by atoms with Gasteiger partial charge in [0.25, 0.3) is 0 Å². The maximum absolute atomic E-state index is 13.2. The summed E-state index contributed by atoms with van der Waals surface area (Å²) in [6, 6.07) is 23.2. The van der Waals surface area contributed by atoms with Gasteiger partial charge < -0.3 is 5.32 Å². The first-order chi connectivity index (χ1) is 12.9. The first-order valence-electron chi connectivity index (χ1n) is 8.19. The van der Waals surface area contributed by atoms with Gasteiger partial charge in [-0.25, -0.2) is 0 Å². The second-order valence-electron chi connectivity index (χ2n) is 5.75. The molecule has 0 fully saturated rings. The lowest BCUT2D eigenvalue weighted by Crippen LogP contribution is -2.21. The van der Waals surface area contributed by atoms with Crippen molar-refractivity contribution in [1.82, 2.24) is 0 Å². The van der Waals surface area contributed by atoms with Gasteiger partial charge >= 0.3 is 6.18 Å². The predicted molar refractivity (Wildman–Crippen MR) is 102 cm³/mol. The van der Waals surface area contributed by atoms with Gasteiger partial charge in [0.05, 0.1) is 11.3 Å². The van der Waals surface area contributed by atoms with Gasteiger partial charge in [0.15, 0.2) is 0 Å². The van der Waals surface area contributed by atoms with Crippen LogP contribution in [0, 0.1) is 0 Å². The van der Waals surface area contributed by atoms with Crippen LogP contribution in [-0.4, -0.2) is 5.91 Å². The topological polar surface area (TPSA) is 29.1 Å². The summed E-state index contributed by atoms with van der Waals surface area (Å²) in [7, 11) is 0. The standard InChI is InChI=1S/C21H16F3NOS/c22-21(23,24)17-13-7-8-14-18(17)25-20(26)19(15-9-3-1-4-10-15)27-16-11-5-2-6-12-16/h1-14,19H,(H,25,26). The van der Waals surface area contributed by atoms with E-state index in [1.165, 1.54) is 30.0 Å². The van der Waals surface area contributed by atoms with E-state index in [1.54, 1.807) is 24.3 Å². The number of anilines is 1. The quantitative estimate of drug-likeness (QED) is 0.530. The Morgan fingerprint density at radius 2 is 1.37 bits per heavy atom. The van der Waals surface area contributed by atoms with Crippen molar-refractivity contribution in [2.75, 3.05) is 5.32 Å². The summed E-state index contributed by atoms with van der Waals surface area (Å²) in [5.74, 6) is -0.508. The highest BCUT2D eigenvalue weighted by molar-refractivity contribution is 8.00. The Bertz CT molecular complexity index is 898. The molecule has 6 heteroatoms. The predicted octanol–water partition coefficient (Wildman–Crippen LogP) is 6.18. The minimum absolute atomic E-state index is 0.246. The number of para-hydroxylation sites is 1. The molecule has 1 N–H and O–H groups in total. The van der Waals surface area contributed by atoms with Crippen LogP contribution in [0.4, 0.5) is 18.9 Å². The molecule has 27 heavy (non-hydrogen) atoms. The highest BCUT2D eigenvalue weighted by Crippen LogP contribution is 2.38. The average molecular weight is 387 g/mol. The number of hydrogen-bond acceptors (Lipinski definition) is 2. The number of thioether (sulfide) groups is 1. The molecular formula is C21H16F3NOS. The van der Waals surface area contributed by atoms with Crippen molar-refractivity contribution in [2.24, 2.45) is 0 Å². The third-order valence-corrected chi connectivity index (χ3v) is 5.09. The van der Waals surface area contributed by atoms with Gasteiger partial charge in [-0.15, -0.1) is 11.8 Å². The van der Waals surface area contributed by atoms with Crippen molar-refractivity contribution in [3.63, 3.8) is 0 Å². The summed E-state index contributed by atoms with van der Waals surface area (Å²) in [6.45, 7) is 0. The summed E-state index contributed by atoms with van der Waals surface area (Å²) in [6.07, 6.45) is -4.54. The van der Waals surface area contributed by atoms with Gasteiger partial charge in [-0.05, 0) is 29.8 Å². The van der Waals surface area contributed by atoms with Crippen molar-refractivity contribution >= 4 is 23.4 Å².